The van der Waals surface area contributed by atoms with Crippen molar-refractivity contribution in [1.29, 1.82) is 0 Å². The Morgan fingerprint density at radius 1 is 1.23 bits per heavy atom. The molecule has 0 bridgehead atoms. The van der Waals surface area contributed by atoms with Gasteiger partial charge in [-0.2, -0.15) is 4.31 Å². The first-order valence-corrected chi connectivity index (χ1v) is 11.8. The quantitative estimate of drug-likeness (QED) is 0.609. The first-order valence-electron chi connectivity index (χ1n) is 10.3. The number of halogens is 1. The molecule has 1 aliphatic heterocycles. The number of nitrogens with zero attached hydrogens (tertiary/aromatic N) is 2. The zero-order chi connectivity index (χ0) is 22.0. The van der Waals surface area contributed by atoms with Gasteiger partial charge in [0, 0.05) is 19.5 Å². The Bertz CT molecular complexity index is 1150. The van der Waals surface area contributed by atoms with E-state index in [1.54, 1.807) is 0 Å². The van der Waals surface area contributed by atoms with Crippen molar-refractivity contribution in [3.05, 3.63) is 60.2 Å². The van der Waals surface area contributed by atoms with Crippen molar-refractivity contribution in [2.75, 3.05) is 13.1 Å². The monoisotopic (exact) mass is 444 g/mol. The number of H-pyrrole nitrogens is 1. The molecule has 2 N–H and O–H groups in total. The third-order valence-corrected chi connectivity index (χ3v) is 7.57. The molecule has 0 unspecified atom stereocenters. The summed E-state index contributed by atoms with van der Waals surface area (Å²) >= 11 is 0. The average Bonchev–Trinajstić information content (AvgIpc) is 3.18. The van der Waals surface area contributed by atoms with Crippen LogP contribution in [-0.4, -0.2) is 41.7 Å². The lowest BCUT2D eigenvalue weighted by Gasteiger charge is -2.31. The van der Waals surface area contributed by atoms with Gasteiger partial charge in [0.05, 0.1) is 22.0 Å². The minimum absolute atomic E-state index is 0.0386. The van der Waals surface area contributed by atoms with Gasteiger partial charge in [-0.05, 0) is 56.0 Å². The number of para-hydroxylation sites is 2. The highest BCUT2D eigenvalue weighted by atomic mass is 32.2. The minimum atomic E-state index is -3.72. The number of carbonyl (C=O) groups excluding carboxylic acids is 1. The summed E-state index contributed by atoms with van der Waals surface area (Å²) in [5.41, 5.74) is 1.77. The first kappa shape index (κ1) is 21.5. The van der Waals surface area contributed by atoms with Crippen LogP contribution in [0.25, 0.3) is 11.0 Å². The summed E-state index contributed by atoms with van der Waals surface area (Å²) in [5, 5.41) is 2.97. The lowest BCUT2D eigenvalue weighted by Crippen LogP contribution is -2.39. The molecule has 1 aliphatic rings. The Morgan fingerprint density at radius 2 is 1.97 bits per heavy atom. The zero-order valence-corrected chi connectivity index (χ0v) is 18.0. The third kappa shape index (κ3) is 4.77. The number of fused-ring (bicyclic) bond motifs is 1. The maximum absolute atomic E-state index is 13.4. The molecule has 0 radical (unpaired) electrons. The summed E-state index contributed by atoms with van der Waals surface area (Å²) in [7, 11) is -3.72. The molecule has 0 saturated carbocycles. The SMILES string of the molecule is C[C@@H](NC(=O)CC1CCN(S(=O)(=O)c2cccc(F)c2)CC1)c1nc2ccccc2[nH]1. The largest absolute Gasteiger partial charge is 0.346 e. The molecule has 1 atom stereocenters. The van der Waals surface area contributed by atoms with Gasteiger partial charge in [-0.3, -0.25) is 4.79 Å². The highest BCUT2D eigenvalue weighted by Gasteiger charge is 2.30. The fourth-order valence-electron chi connectivity index (χ4n) is 3.94. The van der Waals surface area contributed by atoms with E-state index in [-0.39, 0.29) is 22.8 Å². The lowest BCUT2D eigenvalue weighted by molar-refractivity contribution is -0.123. The number of aromatic amines is 1. The molecule has 3 aromatic rings. The van der Waals surface area contributed by atoms with E-state index in [1.165, 1.54) is 22.5 Å². The molecule has 0 spiro atoms. The van der Waals surface area contributed by atoms with Gasteiger partial charge in [-0.25, -0.2) is 17.8 Å². The zero-order valence-electron chi connectivity index (χ0n) is 17.2. The third-order valence-electron chi connectivity index (χ3n) is 5.68. The van der Waals surface area contributed by atoms with E-state index in [0.717, 1.165) is 17.1 Å². The molecule has 7 nitrogen and oxygen atoms in total. The number of hydrogen-bond donors (Lipinski definition) is 2. The van der Waals surface area contributed by atoms with Gasteiger partial charge >= 0.3 is 0 Å². The summed E-state index contributed by atoms with van der Waals surface area (Å²) in [5.74, 6) is 0.137. The molecule has 31 heavy (non-hydrogen) atoms. The van der Waals surface area contributed by atoms with Gasteiger partial charge in [0.2, 0.25) is 15.9 Å². The van der Waals surface area contributed by atoms with Crippen molar-refractivity contribution in [1.82, 2.24) is 19.6 Å². The Hall–Kier alpha value is -2.78. The second-order valence-corrected chi connectivity index (χ2v) is 9.88. The number of carbonyl (C=O) groups is 1. The van der Waals surface area contributed by atoms with Crippen LogP contribution in [-0.2, 0) is 14.8 Å². The summed E-state index contributed by atoms with van der Waals surface area (Å²) in [6.45, 7) is 2.51. The fourth-order valence-corrected chi connectivity index (χ4v) is 5.44. The molecule has 1 aromatic heterocycles. The van der Waals surface area contributed by atoms with Gasteiger partial charge in [0.25, 0.3) is 0 Å². The predicted molar refractivity (Wildman–Crippen MR) is 115 cm³/mol. The van der Waals surface area contributed by atoms with Crippen molar-refractivity contribution < 1.29 is 17.6 Å². The molecule has 1 amide bonds. The van der Waals surface area contributed by atoms with Crippen LogP contribution in [0, 0.1) is 11.7 Å². The number of rotatable bonds is 6. The maximum atomic E-state index is 13.4. The Morgan fingerprint density at radius 3 is 2.68 bits per heavy atom. The van der Waals surface area contributed by atoms with E-state index >= 15 is 0 Å². The van der Waals surface area contributed by atoms with E-state index < -0.39 is 15.8 Å². The summed E-state index contributed by atoms with van der Waals surface area (Å²) in [6.07, 6.45) is 1.50. The standard InChI is InChI=1S/C22H25FN4O3S/c1-15(22-25-19-7-2-3-8-20(19)26-22)24-21(28)13-16-9-11-27(12-10-16)31(29,30)18-6-4-5-17(23)14-18/h2-8,14-16H,9-13H2,1H3,(H,24,28)(H,25,26)/t15-/m1/s1. The van der Waals surface area contributed by atoms with Crippen LogP contribution >= 0.6 is 0 Å². The van der Waals surface area contributed by atoms with Crippen LogP contribution in [0.2, 0.25) is 0 Å². The molecule has 1 fully saturated rings. The van der Waals surface area contributed by atoms with Crippen LogP contribution in [0.15, 0.2) is 53.4 Å². The normalized spacial score (nSPS) is 17.0. The summed E-state index contributed by atoms with van der Waals surface area (Å²) in [4.78, 5) is 20.2. The Labute approximate surface area is 180 Å². The van der Waals surface area contributed by atoms with E-state index in [2.05, 4.69) is 15.3 Å². The van der Waals surface area contributed by atoms with Crippen LogP contribution in [0.3, 0.4) is 0 Å². The fraction of sp³-hybridized carbons (Fsp3) is 0.364. The predicted octanol–water partition coefficient (Wildman–Crippen LogP) is 3.37. The number of amides is 1. The van der Waals surface area contributed by atoms with Gasteiger partial charge in [0.15, 0.2) is 0 Å². The number of benzene rings is 2. The molecule has 9 heteroatoms. The van der Waals surface area contributed by atoms with Gasteiger partial charge in [0.1, 0.15) is 11.6 Å². The van der Waals surface area contributed by atoms with Crippen LogP contribution in [0.1, 0.15) is 38.1 Å². The molecule has 2 aromatic carbocycles. The number of nitrogens with one attached hydrogen (secondary N) is 2. The van der Waals surface area contributed by atoms with E-state index in [1.807, 2.05) is 31.2 Å². The highest BCUT2D eigenvalue weighted by Crippen LogP contribution is 2.26. The van der Waals surface area contributed by atoms with Crippen LogP contribution < -0.4 is 5.32 Å². The number of hydrogen-bond acceptors (Lipinski definition) is 4. The molecule has 1 saturated heterocycles. The second-order valence-electron chi connectivity index (χ2n) is 7.94. The smallest absolute Gasteiger partial charge is 0.243 e. The van der Waals surface area contributed by atoms with E-state index in [9.17, 15) is 17.6 Å². The van der Waals surface area contributed by atoms with Crippen molar-refractivity contribution in [2.24, 2.45) is 5.92 Å². The highest BCUT2D eigenvalue weighted by molar-refractivity contribution is 7.89. The van der Waals surface area contributed by atoms with Gasteiger partial charge in [-0.1, -0.05) is 18.2 Å². The van der Waals surface area contributed by atoms with Crippen LogP contribution in [0.4, 0.5) is 4.39 Å². The summed E-state index contributed by atoms with van der Waals surface area (Å²) < 4.78 is 40.2. The van der Waals surface area contributed by atoms with Gasteiger partial charge < -0.3 is 10.3 Å². The van der Waals surface area contributed by atoms with Crippen molar-refractivity contribution >= 4 is 27.0 Å². The van der Waals surface area contributed by atoms with Crippen molar-refractivity contribution in [3.8, 4) is 0 Å². The molecular weight excluding hydrogens is 419 g/mol. The van der Waals surface area contributed by atoms with Gasteiger partial charge in [-0.15, -0.1) is 0 Å². The topological polar surface area (TPSA) is 95.2 Å². The molecule has 164 valence electrons. The van der Waals surface area contributed by atoms with E-state index in [0.29, 0.717) is 38.2 Å². The number of imidazole rings is 1. The number of aromatic nitrogens is 2. The molecule has 4 rings (SSSR count). The molecular formula is C22H25FN4O3S. The second kappa shape index (κ2) is 8.76. The Balaban J connectivity index is 1.30. The molecule has 2 heterocycles. The number of sulfonamides is 1. The first-order chi connectivity index (χ1) is 14.8. The van der Waals surface area contributed by atoms with E-state index in [4.69, 9.17) is 0 Å². The maximum Gasteiger partial charge on any atom is 0.243 e. The molecule has 0 aliphatic carbocycles. The number of piperidine rings is 1. The van der Waals surface area contributed by atoms with Crippen molar-refractivity contribution in [3.63, 3.8) is 0 Å². The average molecular weight is 445 g/mol. The van der Waals surface area contributed by atoms with Crippen molar-refractivity contribution in [2.45, 2.75) is 37.1 Å². The minimum Gasteiger partial charge on any atom is -0.346 e. The summed E-state index contributed by atoms with van der Waals surface area (Å²) in [6, 6.07) is 12.5. The van der Waals surface area contributed by atoms with Crippen LogP contribution in [0.5, 0.6) is 0 Å². The lowest BCUT2D eigenvalue weighted by atomic mass is 9.94. The Kier molecular flexibility index (Phi) is 6.06.